The topological polar surface area (TPSA) is 70.6 Å². The smallest absolute Gasteiger partial charge is 0.293 e. The molecular weight excluding hydrogens is 208 g/mol. The van der Waals surface area contributed by atoms with E-state index in [2.05, 4.69) is 15.4 Å². The van der Waals surface area contributed by atoms with Gasteiger partial charge >= 0.3 is 0 Å². The summed E-state index contributed by atoms with van der Waals surface area (Å²) in [5.74, 6) is 0. The summed E-state index contributed by atoms with van der Waals surface area (Å²) in [4.78, 5) is 9.60. The molecule has 0 unspecified atom stereocenters. The van der Waals surface area contributed by atoms with Gasteiger partial charge in [-0.25, -0.2) is 0 Å². The van der Waals surface area contributed by atoms with Crippen molar-refractivity contribution in [2.24, 2.45) is 0 Å². The average molecular weight is 234 g/mol. The van der Waals surface area contributed by atoms with E-state index < -0.39 is 0 Å². The van der Waals surface area contributed by atoms with Crippen LogP contribution in [0.5, 0.6) is 0 Å². The van der Waals surface area contributed by atoms with Crippen molar-refractivity contribution in [1.29, 1.82) is 0 Å². The molecule has 1 saturated heterocycles. The maximum absolute atomic E-state index is 9.60. The lowest BCUT2D eigenvalue weighted by molar-refractivity contribution is -0.138. The Morgan fingerprint density at radius 3 is 1.56 bits per heavy atom. The van der Waals surface area contributed by atoms with Crippen LogP contribution < -0.4 is 10.6 Å². The molecular formula is C11H26N2O3. The molecule has 0 spiro atoms. The van der Waals surface area contributed by atoms with Gasteiger partial charge in [0.25, 0.3) is 6.47 Å². The Bertz CT molecular complexity index is 131. The minimum atomic E-state index is -0.318. The van der Waals surface area contributed by atoms with E-state index in [9.17, 15) is 4.79 Å². The number of aliphatic hydroxyl groups is 1. The highest BCUT2D eigenvalue weighted by molar-refractivity contribution is 5.37. The molecule has 1 aliphatic heterocycles. The SMILES string of the molecule is C1CNCCN1.CC(C)(C)OC=O.CCO. The Balaban J connectivity index is 0. The van der Waals surface area contributed by atoms with Gasteiger partial charge in [0.1, 0.15) is 5.60 Å². The van der Waals surface area contributed by atoms with E-state index in [1.54, 1.807) is 6.92 Å². The van der Waals surface area contributed by atoms with Crippen LogP contribution in [0.25, 0.3) is 0 Å². The second-order valence-electron chi connectivity index (χ2n) is 4.14. The monoisotopic (exact) mass is 234 g/mol. The second kappa shape index (κ2) is 12.4. The first kappa shape index (κ1) is 17.7. The molecule has 0 saturated carbocycles. The molecule has 1 fully saturated rings. The van der Waals surface area contributed by atoms with Crippen molar-refractivity contribution in [3.63, 3.8) is 0 Å². The quantitative estimate of drug-likeness (QED) is 0.563. The highest BCUT2D eigenvalue weighted by atomic mass is 16.5. The normalized spacial score (nSPS) is 14.8. The van der Waals surface area contributed by atoms with Crippen LogP contribution in [-0.2, 0) is 9.53 Å². The zero-order valence-electron chi connectivity index (χ0n) is 10.9. The van der Waals surface area contributed by atoms with E-state index in [0.717, 1.165) is 26.2 Å². The van der Waals surface area contributed by atoms with Gasteiger partial charge in [-0.05, 0) is 27.7 Å². The molecule has 1 heterocycles. The van der Waals surface area contributed by atoms with Gasteiger partial charge in [0.05, 0.1) is 0 Å². The van der Waals surface area contributed by atoms with Crippen molar-refractivity contribution in [2.45, 2.75) is 33.3 Å². The minimum Gasteiger partial charge on any atom is -0.462 e. The van der Waals surface area contributed by atoms with Crippen molar-refractivity contribution in [3.05, 3.63) is 0 Å². The van der Waals surface area contributed by atoms with Gasteiger partial charge in [0.15, 0.2) is 0 Å². The summed E-state index contributed by atoms with van der Waals surface area (Å²) in [5, 5.41) is 14.0. The maximum atomic E-state index is 9.60. The highest BCUT2D eigenvalue weighted by Crippen LogP contribution is 2.02. The third-order valence-corrected chi connectivity index (χ3v) is 1.36. The lowest BCUT2D eigenvalue weighted by Crippen LogP contribution is -2.39. The fourth-order valence-electron chi connectivity index (χ4n) is 0.748. The van der Waals surface area contributed by atoms with Crippen LogP contribution in [-0.4, -0.2) is 50.0 Å². The van der Waals surface area contributed by atoms with Gasteiger partial charge in [-0.3, -0.25) is 4.79 Å². The van der Waals surface area contributed by atoms with Crippen molar-refractivity contribution in [2.75, 3.05) is 32.8 Å². The van der Waals surface area contributed by atoms with Gasteiger partial charge < -0.3 is 20.5 Å². The van der Waals surface area contributed by atoms with E-state index in [-0.39, 0.29) is 12.2 Å². The number of aliphatic hydroxyl groups excluding tert-OH is 1. The Morgan fingerprint density at radius 2 is 1.50 bits per heavy atom. The zero-order chi connectivity index (χ0) is 12.9. The van der Waals surface area contributed by atoms with E-state index >= 15 is 0 Å². The molecule has 0 aromatic carbocycles. The van der Waals surface area contributed by atoms with Crippen molar-refractivity contribution in [3.8, 4) is 0 Å². The minimum absolute atomic E-state index is 0.250. The van der Waals surface area contributed by atoms with Crippen LogP contribution in [0, 0.1) is 0 Å². The van der Waals surface area contributed by atoms with Gasteiger partial charge in [-0.2, -0.15) is 0 Å². The third kappa shape index (κ3) is 23.3. The lowest BCUT2D eigenvalue weighted by atomic mass is 10.2. The fraction of sp³-hybridized carbons (Fsp3) is 0.909. The Morgan fingerprint density at radius 1 is 1.19 bits per heavy atom. The largest absolute Gasteiger partial charge is 0.462 e. The zero-order valence-corrected chi connectivity index (χ0v) is 10.9. The number of hydrogen-bond donors (Lipinski definition) is 3. The first-order chi connectivity index (χ1) is 7.47. The Hall–Kier alpha value is -0.650. The van der Waals surface area contributed by atoms with Crippen LogP contribution in [0.3, 0.4) is 0 Å². The molecule has 0 amide bonds. The van der Waals surface area contributed by atoms with Crippen LogP contribution in [0.2, 0.25) is 0 Å². The molecule has 0 aliphatic carbocycles. The van der Waals surface area contributed by atoms with E-state index in [0.29, 0.717) is 6.47 Å². The van der Waals surface area contributed by atoms with Gasteiger partial charge in [-0.15, -0.1) is 0 Å². The molecule has 1 rings (SSSR count). The summed E-state index contributed by atoms with van der Waals surface area (Å²) in [6.45, 7) is 12.4. The van der Waals surface area contributed by atoms with Crippen molar-refractivity contribution in [1.82, 2.24) is 10.6 Å². The molecule has 0 bridgehead atoms. The first-order valence-electron chi connectivity index (χ1n) is 5.61. The summed E-state index contributed by atoms with van der Waals surface area (Å²) >= 11 is 0. The highest BCUT2D eigenvalue weighted by Gasteiger charge is 2.07. The van der Waals surface area contributed by atoms with Crippen LogP contribution in [0.4, 0.5) is 0 Å². The Kier molecular flexibility index (Phi) is 13.8. The number of carbonyl (C=O) groups is 1. The van der Waals surface area contributed by atoms with Gasteiger partial charge in [0, 0.05) is 32.8 Å². The van der Waals surface area contributed by atoms with Gasteiger partial charge in [0.2, 0.25) is 0 Å². The predicted octanol–water partition coefficient (Wildman–Crippen LogP) is 0.136. The Labute approximate surface area is 98.6 Å². The molecule has 98 valence electrons. The number of rotatable bonds is 1. The number of piperazine rings is 1. The summed E-state index contributed by atoms with van der Waals surface area (Å²) in [6, 6.07) is 0. The van der Waals surface area contributed by atoms with Crippen molar-refractivity contribution >= 4 is 6.47 Å². The average Bonchev–Trinajstić information content (AvgIpc) is 2.20. The molecule has 5 nitrogen and oxygen atoms in total. The molecule has 0 aromatic heterocycles. The van der Waals surface area contributed by atoms with E-state index in [1.807, 2.05) is 20.8 Å². The molecule has 0 aromatic rings. The predicted molar refractivity (Wildman–Crippen MR) is 65.4 cm³/mol. The fourth-order valence-corrected chi connectivity index (χ4v) is 0.748. The summed E-state index contributed by atoms with van der Waals surface area (Å²) in [5.41, 5.74) is -0.318. The lowest BCUT2D eigenvalue weighted by Gasteiger charge is -2.14. The first-order valence-corrected chi connectivity index (χ1v) is 5.61. The van der Waals surface area contributed by atoms with Crippen LogP contribution in [0.1, 0.15) is 27.7 Å². The number of hydrogen-bond acceptors (Lipinski definition) is 5. The molecule has 5 heteroatoms. The standard InChI is InChI=1S/C5H10O2.C4H10N2.C2H6O/c1-5(2,3)7-4-6;1-2-6-4-3-5-1;1-2-3/h4H,1-3H3;5-6H,1-4H2;3H,2H2,1H3. The third-order valence-electron chi connectivity index (χ3n) is 1.36. The van der Waals surface area contributed by atoms with Crippen LogP contribution in [0.15, 0.2) is 0 Å². The summed E-state index contributed by atoms with van der Waals surface area (Å²) < 4.78 is 4.55. The maximum Gasteiger partial charge on any atom is 0.293 e. The summed E-state index contributed by atoms with van der Waals surface area (Å²) in [6.07, 6.45) is 0. The molecule has 0 radical (unpaired) electrons. The summed E-state index contributed by atoms with van der Waals surface area (Å²) in [7, 11) is 0. The van der Waals surface area contributed by atoms with E-state index in [1.165, 1.54) is 0 Å². The number of carbonyl (C=O) groups excluding carboxylic acids is 1. The number of nitrogens with one attached hydrogen (secondary N) is 2. The van der Waals surface area contributed by atoms with Crippen molar-refractivity contribution < 1.29 is 14.6 Å². The van der Waals surface area contributed by atoms with E-state index in [4.69, 9.17) is 5.11 Å². The molecule has 3 N–H and O–H groups in total. The molecule has 0 atom stereocenters. The van der Waals surface area contributed by atoms with Gasteiger partial charge in [-0.1, -0.05) is 0 Å². The van der Waals surface area contributed by atoms with Crippen LogP contribution >= 0.6 is 0 Å². The number of ether oxygens (including phenoxy) is 1. The molecule has 16 heavy (non-hydrogen) atoms. The second-order valence-corrected chi connectivity index (χ2v) is 4.14. The molecule has 1 aliphatic rings.